The fraction of sp³-hybridized carbons (Fsp3) is 0.542. The van der Waals surface area contributed by atoms with Crippen LogP contribution in [0.5, 0.6) is 0 Å². The predicted molar refractivity (Wildman–Crippen MR) is 220 cm³/mol. The molecule has 0 atom stereocenters. The lowest BCUT2D eigenvalue weighted by molar-refractivity contribution is 0.127. The lowest BCUT2D eigenvalue weighted by atomic mass is 9.94. The molecule has 5 rings (SSSR count). The van der Waals surface area contributed by atoms with Crippen molar-refractivity contribution < 1.29 is 9.47 Å². The van der Waals surface area contributed by atoms with Gasteiger partial charge in [-0.3, -0.25) is 0 Å². The Balaban J connectivity index is 1.07. The Labute approximate surface area is 304 Å². The van der Waals surface area contributed by atoms with Crippen molar-refractivity contribution in [1.82, 2.24) is 0 Å². The van der Waals surface area contributed by atoms with Crippen molar-refractivity contribution >= 4 is 43.1 Å². The van der Waals surface area contributed by atoms with E-state index in [-0.39, 0.29) is 0 Å². The van der Waals surface area contributed by atoms with Gasteiger partial charge in [-0.25, -0.2) is 0 Å². The highest BCUT2D eigenvalue weighted by Gasteiger charge is 2.07. The summed E-state index contributed by atoms with van der Waals surface area (Å²) in [4.78, 5) is 0. The van der Waals surface area contributed by atoms with Gasteiger partial charge in [-0.05, 0) is 123 Å². The van der Waals surface area contributed by atoms with Crippen molar-refractivity contribution in [2.75, 3.05) is 26.4 Å². The van der Waals surface area contributed by atoms with Crippen LogP contribution in [0.25, 0.3) is 43.1 Å². The molecule has 5 aromatic carbocycles. The Bertz CT molecular complexity index is 1580. The maximum absolute atomic E-state index is 5.97. The normalized spacial score (nSPS) is 11.9. The quantitative estimate of drug-likeness (QED) is 0.0330. The first-order chi connectivity index (χ1) is 24.7. The molecule has 0 aromatic heterocycles. The monoisotopic (exact) mass is 675 g/mol. The van der Waals surface area contributed by atoms with Crippen molar-refractivity contribution in [2.24, 2.45) is 0 Å². The average Bonchev–Trinajstić information content (AvgIpc) is 3.14. The van der Waals surface area contributed by atoms with Crippen LogP contribution in [-0.4, -0.2) is 26.4 Å². The predicted octanol–water partition coefficient (Wildman–Crippen LogP) is 14.5. The second kappa shape index (κ2) is 22.1. The first-order valence-electron chi connectivity index (χ1n) is 20.7. The molecule has 5 aromatic rings. The van der Waals surface area contributed by atoms with Gasteiger partial charge in [-0.15, -0.1) is 0 Å². The molecule has 0 spiro atoms. The zero-order chi connectivity index (χ0) is 34.6. The van der Waals surface area contributed by atoms with Crippen molar-refractivity contribution in [1.29, 1.82) is 0 Å². The first kappa shape index (κ1) is 38.3. The summed E-state index contributed by atoms with van der Waals surface area (Å²) in [6.07, 6.45) is 25.9. The molecule has 270 valence electrons. The third-order valence-electron chi connectivity index (χ3n) is 10.6. The lowest BCUT2D eigenvalue weighted by Gasteiger charge is -2.11. The van der Waals surface area contributed by atoms with Gasteiger partial charge in [0.1, 0.15) is 0 Å². The summed E-state index contributed by atoms with van der Waals surface area (Å²) >= 11 is 0. The summed E-state index contributed by atoms with van der Waals surface area (Å²) in [7, 11) is 0. The summed E-state index contributed by atoms with van der Waals surface area (Å²) in [5.41, 5.74) is 2.89. The third-order valence-corrected chi connectivity index (χ3v) is 10.6. The van der Waals surface area contributed by atoms with Crippen LogP contribution in [-0.2, 0) is 22.3 Å². The van der Waals surface area contributed by atoms with Crippen LogP contribution in [0.1, 0.15) is 141 Å². The standard InChI is InChI=1S/C48H66O2/c1-3-5-6-7-8-12-16-19-31-50-32-20-22-40-24-26-42-38-48-44(36-46(42)34-40)28-27-43-35-45-33-39(23-25-41(45)37-47(43)48)21-17-14-11-9-10-13-15-18-30-49-29-4-2/h23-28,33-38H,3-22,29-32H2,1-2H3. The molecule has 0 bridgehead atoms. The van der Waals surface area contributed by atoms with Crippen LogP contribution in [0, 0.1) is 0 Å². The molecule has 2 nitrogen and oxygen atoms in total. The van der Waals surface area contributed by atoms with E-state index in [1.165, 1.54) is 163 Å². The van der Waals surface area contributed by atoms with Gasteiger partial charge in [0.05, 0.1) is 0 Å². The number of aryl methyl sites for hydroxylation is 2. The maximum atomic E-state index is 5.97. The smallest absolute Gasteiger partial charge is 0.0469 e. The molecule has 50 heavy (non-hydrogen) atoms. The van der Waals surface area contributed by atoms with Gasteiger partial charge in [0.2, 0.25) is 0 Å². The van der Waals surface area contributed by atoms with Gasteiger partial charge in [0.15, 0.2) is 0 Å². The summed E-state index contributed by atoms with van der Waals surface area (Å²) in [6.45, 7) is 8.10. The van der Waals surface area contributed by atoms with Crippen molar-refractivity contribution in [2.45, 2.75) is 142 Å². The maximum Gasteiger partial charge on any atom is 0.0469 e. The van der Waals surface area contributed by atoms with E-state index >= 15 is 0 Å². The molecule has 0 saturated heterocycles. The van der Waals surface area contributed by atoms with E-state index in [1.807, 2.05) is 0 Å². The molecule has 0 unspecified atom stereocenters. The molecule has 0 fully saturated rings. The Morgan fingerprint density at radius 1 is 0.320 bits per heavy atom. The van der Waals surface area contributed by atoms with Crippen molar-refractivity contribution in [3.63, 3.8) is 0 Å². The van der Waals surface area contributed by atoms with Crippen molar-refractivity contribution in [3.8, 4) is 0 Å². The Kier molecular flexibility index (Phi) is 16.9. The highest BCUT2D eigenvalue weighted by molar-refractivity contribution is 6.15. The fourth-order valence-corrected chi connectivity index (χ4v) is 7.62. The number of fused-ring (bicyclic) bond motifs is 5. The van der Waals surface area contributed by atoms with Gasteiger partial charge in [0, 0.05) is 26.4 Å². The molecule has 0 aliphatic heterocycles. The second-order valence-electron chi connectivity index (χ2n) is 15.0. The molecule has 0 N–H and O–H groups in total. The number of rotatable bonds is 26. The number of hydrogen-bond donors (Lipinski definition) is 0. The fourth-order valence-electron chi connectivity index (χ4n) is 7.62. The molecule has 0 radical (unpaired) electrons. The zero-order valence-electron chi connectivity index (χ0n) is 31.7. The molecular formula is C48H66O2. The van der Waals surface area contributed by atoms with Crippen LogP contribution in [0.3, 0.4) is 0 Å². The minimum atomic E-state index is 0.865. The Morgan fingerprint density at radius 2 is 0.740 bits per heavy atom. The van der Waals surface area contributed by atoms with Crippen LogP contribution in [0.4, 0.5) is 0 Å². The Morgan fingerprint density at radius 3 is 1.26 bits per heavy atom. The van der Waals surface area contributed by atoms with Crippen LogP contribution < -0.4 is 0 Å². The summed E-state index contributed by atoms with van der Waals surface area (Å²) in [5.74, 6) is 0. The highest BCUT2D eigenvalue weighted by atomic mass is 16.5. The Hall–Kier alpha value is -2.94. The second-order valence-corrected chi connectivity index (χ2v) is 15.0. The summed E-state index contributed by atoms with van der Waals surface area (Å²) in [6, 6.07) is 28.4. The van der Waals surface area contributed by atoms with Gasteiger partial charge in [-0.2, -0.15) is 0 Å². The van der Waals surface area contributed by atoms with E-state index in [0.29, 0.717) is 0 Å². The molecule has 0 aliphatic rings. The number of ether oxygens (including phenoxy) is 2. The molecule has 0 heterocycles. The largest absolute Gasteiger partial charge is 0.381 e. The van der Waals surface area contributed by atoms with Gasteiger partial charge >= 0.3 is 0 Å². The first-order valence-corrected chi connectivity index (χ1v) is 20.7. The molecule has 2 heteroatoms. The minimum absolute atomic E-state index is 0.865. The van der Waals surface area contributed by atoms with Crippen LogP contribution >= 0.6 is 0 Å². The molecule has 0 saturated carbocycles. The van der Waals surface area contributed by atoms with Crippen molar-refractivity contribution in [3.05, 3.63) is 83.9 Å². The molecular weight excluding hydrogens is 609 g/mol. The minimum Gasteiger partial charge on any atom is -0.381 e. The van der Waals surface area contributed by atoms with E-state index in [4.69, 9.17) is 9.47 Å². The number of unbranched alkanes of at least 4 members (excludes halogenated alkanes) is 14. The summed E-state index contributed by atoms with van der Waals surface area (Å²) < 4.78 is 11.6. The van der Waals surface area contributed by atoms with Crippen LogP contribution in [0.2, 0.25) is 0 Å². The topological polar surface area (TPSA) is 18.5 Å². The lowest BCUT2D eigenvalue weighted by Crippen LogP contribution is -1.99. The van der Waals surface area contributed by atoms with E-state index in [2.05, 4.69) is 86.6 Å². The van der Waals surface area contributed by atoms with E-state index < -0.39 is 0 Å². The number of benzene rings is 5. The van der Waals surface area contributed by atoms with Crippen LogP contribution in [0.15, 0.2) is 72.8 Å². The highest BCUT2D eigenvalue weighted by Crippen LogP contribution is 2.33. The van der Waals surface area contributed by atoms with Gasteiger partial charge in [-0.1, -0.05) is 146 Å². The number of hydrogen-bond acceptors (Lipinski definition) is 2. The third kappa shape index (κ3) is 12.4. The average molecular weight is 675 g/mol. The van der Waals surface area contributed by atoms with E-state index in [9.17, 15) is 0 Å². The molecule has 0 aliphatic carbocycles. The van der Waals surface area contributed by atoms with Gasteiger partial charge in [0.25, 0.3) is 0 Å². The molecule has 0 amide bonds. The SMILES string of the molecule is CCCCCCCCCCOCCCc1ccc2cc3c(ccc4cc5cc(CCCCCCCCCCOCCC)ccc5cc43)cc2c1. The summed E-state index contributed by atoms with van der Waals surface area (Å²) in [5, 5.41) is 10.7. The van der Waals surface area contributed by atoms with Gasteiger partial charge < -0.3 is 9.47 Å². The van der Waals surface area contributed by atoms with E-state index in [0.717, 1.165) is 45.7 Å². The zero-order valence-corrected chi connectivity index (χ0v) is 31.7. The van der Waals surface area contributed by atoms with E-state index in [1.54, 1.807) is 0 Å².